The van der Waals surface area contributed by atoms with E-state index in [2.05, 4.69) is 104 Å². The lowest BCUT2D eigenvalue weighted by atomic mass is 9.77. The first-order valence-corrected chi connectivity index (χ1v) is 13.4. The second-order valence-electron chi connectivity index (χ2n) is 11.0. The van der Waals surface area contributed by atoms with Crippen LogP contribution in [-0.4, -0.2) is 13.3 Å². The summed E-state index contributed by atoms with van der Waals surface area (Å²) in [5, 5.41) is 0. The highest BCUT2D eigenvalue weighted by Gasteiger charge is 2.25. The molecule has 2 heterocycles. The average molecular weight is 490 g/mol. The molecule has 0 fully saturated rings. The lowest BCUT2D eigenvalue weighted by Crippen LogP contribution is -2.31. The van der Waals surface area contributed by atoms with Crippen LogP contribution in [0.2, 0.25) is 0 Å². The summed E-state index contributed by atoms with van der Waals surface area (Å²) in [4.78, 5) is 2.28. The summed E-state index contributed by atoms with van der Waals surface area (Å²) in [6.45, 7) is 6.89. The lowest BCUT2D eigenvalue weighted by molar-refractivity contribution is 0.289. The standard InChI is InChI=1S/C34H35NO2/c1-34(2,30-15-17-31(18-16-30)35-23-28-8-4-6-10-33(28)37-24-35)29-13-11-25(12-14-29)21-26-19-20-36-32-9-5-3-7-27(32)22-26/h3-18,26H,19-24H2,1-2H3. The van der Waals surface area contributed by atoms with Gasteiger partial charge in [0.05, 0.1) is 6.61 Å². The van der Waals surface area contributed by atoms with E-state index in [0.717, 1.165) is 43.9 Å². The molecule has 0 N–H and O–H groups in total. The zero-order chi connectivity index (χ0) is 25.2. The Morgan fingerprint density at radius 3 is 2.08 bits per heavy atom. The van der Waals surface area contributed by atoms with E-state index in [9.17, 15) is 0 Å². The highest BCUT2D eigenvalue weighted by atomic mass is 16.5. The molecule has 2 aliphatic rings. The Labute approximate surface area is 220 Å². The first-order chi connectivity index (χ1) is 18.1. The van der Waals surface area contributed by atoms with Gasteiger partial charge >= 0.3 is 0 Å². The average Bonchev–Trinajstić information content (AvgIpc) is 3.15. The molecule has 3 heteroatoms. The summed E-state index contributed by atoms with van der Waals surface area (Å²) >= 11 is 0. The maximum Gasteiger partial charge on any atom is 0.161 e. The zero-order valence-electron chi connectivity index (χ0n) is 21.8. The molecular formula is C34H35NO2. The monoisotopic (exact) mass is 489 g/mol. The van der Waals surface area contributed by atoms with Crippen molar-refractivity contribution in [3.63, 3.8) is 0 Å². The number of fused-ring (bicyclic) bond motifs is 2. The van der Waals surface area contributed by atoms with Crippen molar-refractivity contribution in [1.29, 1.82) is 0 Å². The molecule has 1 atom stereocenters. The lowest BCUT2D eigenvalue weighted by Gasteiger charge is -2.32. The summed E-state index contributed by atoms with van der Waals surface area (Å²) in [6.07, 6.45) is 3.28. The SMILES string of the molecule is CC(C)(c1ccc(CC2CCOc3ccccc3C2)cc1)c1ccc(N2COc3ccccc3C2)cc1. The van der Waals surface area contributed by atoms with Crippen molar-refractivity contribution in [3.05, 3.63) is 125 Å². The summed E-state index contributed by atoms with van der Waals surface area (Å²) < 4.78 is 11.9. The minimum absolute atomic E-state index is 0.0723. The Morgan fingerprint density at radius 1 is 0.730 bits per heavy atom. The predicted molar refractivity (Wildman–Crippen MR) is 151 cm³/mol. The van der Waals surface area contributed by atoms with E-state index in [-0.39, 0.29) is 5.41 Å². The minimum atomic E-state index is -0.0723. The summed E-state index contributed by atoms with van der Waals surface area (Å²) in [6, 6.07) is 35.1. The molecule has 4 aromatic rings. The van der Waals surface area contributed by atoms with Gasteiger partial charge in [0, 0.05) is 23.2 Å². The van der Waals surface area contributed by atoms with Crippen molar-refractivity contribution < 1.29 is 9.47 Å². The van der Waals surface area contributed by atoms with Gasteiger partial charge in [0.2, 0.25) is 0 Å². The van der Waals surface area contributed by atoms with Crippen LogP contribution >= 0.6 is 0 Å². The Bertz CT molecular complexity index is 1360. The van der Waals surface area contributed by atoms with Crippen LogP contribution in [0.4, 0.5) is 5.69 Å². The van der Waals surface area contributed by atoms with Gasteiger partial charge in [-0.1, -0.05) is 86.6 Å². The third-order valence-corrected chi connectivity index (χ3v) is 8.13. The number of hydrogen-bond donors (Lipinski definition) is 0. The Hall–Kier alpha value is -3.72. The number of hydrogen-bond acceptors (Lipinski definition) is 3. The summed E-state index contributed by atoms with van der Waals surface area (Å²) in [7, 11) is 0. The predicted octanol–water partition coefficient (Wildman–Crippen LogP) is 7.55. The van der Waals surface area contributed by atoms with E-state index in [1.54, 1.807) is 0 Å². The molecule has 0 aromatic heterocycles. The topological polar surface area (TPSA) is 21.7 Å². The molecule has 4 aromatic carbocycles. The van der Waals surface area contributed by atoms with Gasteiger partial charge in [-0.25, -0.2) is 0 Å². The van der Waals surface area contributed by atoms with Gasteiger partial charge in [0.1, 0.15) is 11.5 Å². The fourth-order valence-corrected chi connectivity index (χ4v) is 5.72. The van der Waals surface area contributed by atoms with E-state index >= 15 is 0 Å². The van der Waals surface area contributed by atoms with E-state index < -0.39 is 0 Å². The molecule has 188 valence electrons. The van der Waals surface area contributed by atoms with Crippen LogP contribution in [0.5, 0.6) is 11.5 Å². The molecule has 0 spiro atoms. The van der Waals surface area contributed by atoms with Gasteiger partial charge in [0.25, 0.3) is 0 Å². The van der Waals surface area contributed by atoms with Gasteiger partial charge < -0.3 is 14.4 Å². The van der Waals surface area contributed by atoms with Gasteiger partial charge in [-0.05, 0) is 71.7 Å². The van der Waals surface area contributed by atoms with Gasteiger partial charge in [0.15, 0.2) is 6.73 Å². The Morgan fingerprint density at radius 2 is 1.35 bits per heavy atom. The van der Waals surface area contributed by atoms with E-state index in [1.807, 2.05) is 12.1 Å². The number of anilines is 1. The van der Waals surface area contributed by atoms with Gasteiger partial charge in [-0.2, -0.15) is 0 Å². The van der Waals surface area contributed by atoms with Gasteiger partial charge in [-0.3, -0.25) is 0 Å². The van der Waals surface area contributed by atoms with Gasteiger partial charge in [-0.15, -0.1) is 0 Å². The van der Waals surface area contributed by atoms with E-state index in [1.165, 1.54) is 33.5 Å². The fourth-order valence-electron chi connectivity index (χ4n) is 5.72. The van der Waals surface area contributed by atoms with Crippen LogP contribution in [0.25, 0.3) is 0 Å². The van der Waals surface area contributed by atoms with Crippen LogP contribution in [-0.2, 0) is 24.8 Å². The number of benzene rings is 4. The number of ether oxygens (including phenoxy) is 2. The van der Waals surface area contributed by atoms with Crippen LogP contribution in [0.3, 0.4) is 0 Å². The smallest absolute Gasteiger partial charge is 0.161 e. The summed E-state index contributed by atoms with van der Waals surface area (Å²) in [5.41, 5.74) is 7.76. The van der Waals surface area contributed by atoms with Crippen LogP contribution < -0.4 is 14.4 Å². The van der Waals surface area contributed by atoms with E-state index in [4.69, 9.17) is 9.47 Å². The van der Waals surface area contributed by atoms with Crippen molar-refractivity contribution in [3.8, 4) is 11.5 Å². The molecule has 0 radical (unpaired) electrons. The quantitative estimate of drug-likeness (QED) is 0.289. The second-order valence-corrected chi connectivity index (χ2v) is 11.0. The third-order valence-electron chi connectivity index (χ3n) is 8.13. The first kappa shape index (κ1) is 23.7. The van der Waals surface area contributed by atoms with Crippen molar-refractivity contribution in [2.24, 2.45) is 5.92 Å². The largest absolute Gasteiger partial charge is 0.493 e. The molecule has 1 unspecified atom stereocenters. The molecule has 6 rings (SSSR count). The zero-order valence-corrected chi connectivity index (χ0v) is 21.8. The highest BCUT2D eigenvalue weighted by molar-refractivity contribution is 5.52. The maximum atomic E-state index is 5.98. The molecule has 2 aliphatic heterocycles. The third kappa shape index (κ3) is 4.96. The Kier molecular flexibility index (Phi) is 6.38. The van der Waals surface area contributed by atoms with Crippen molar-refractivity contribution in [1.82, 2.24) is 0 Å². The number of para-hydroxylation sites is 2. The first-order valence-electron chi connectivity index (χ1n) is 13.4. The molecule has 0 bridgehead atoms. The number of rotatable bonds is 5. The molecule has 0 saturated heterocycles. The van der Waals surface area contributed by atoms with Crippen molar-refractivity contribution in [2.75, 3.05) is 18.2 Å². The normalized spacial score (nSPS) is 17.1. The molecule has 0 amide bonds. The summed E-state index contributed by atoms with van der Waals surface area (Å²) in [5.74, 6) is 2.67. The highest BCUT2D eigenvalue weighted by Crippen LogP contribution is 2.35. The number of nitrogens with zero attached hydrogens (tertiary/aromatic N) is 1. The molecular weight excluding hydrogens is 454 g/mol. The fraction of sp³-hybridized carbons (Fsp3) is 0.294. The Balaban J connectivity index is 1.13. The molecule has 0 aliphatic carbocycles. The van der Waals surface area contributed by atoms with Crippen LogP contribution in [0, 0.1) is 5.92 Å². The van der Waals surface area contributed by atoms with Crippen LogP contribution in [0.15, 0.2) is 97.1 Å². The van der Waals surface area contributed by atoms with Crippen molar-refractivity contribution >= 4 is 5.69 Å². The molecule has 3 nitrogen and oxygen atoms in total. The van der Waals surface area contributed by atoms with E-state index in [0.29, 0.717) is 12.6 Å². The second kappa shape index (κ2) is 9.97. The maximum absolute atomic E-state index is 5.98. The molecule has 0 saturated carbocycles. The molecule has 37 heavy (non-hydrogen) atoms. The van der Waals surface area contributed by atoms with Crippen LogP contribution in [0.1, 0.15) is 48.1 Å². The van der Waals surface area contributed by atoms with Crippen molar-refractivity contribution in [2.45, 2.75) is 45.1 Å². The minimum Gasteiger partial charge on any atom is -0.493 e.